The summed E-state index contributed by atoms with van der Waals surface area (Å²) in [6.07, 6.45) is 0.866. The monoisotopic (exact) mass is 392 g/mol. The normalized spacial score (nSPS) is 15.0. The lowest BCUT2D eigenvalue weighted by molar-refractivity contribution is -0.130. The first-order chi connectivity index (χ1) is 11.5. The Balaban J connectivity index is 0.00000312. The highest BCUT2D eigenvalue weighted by Gasteiger charge is 2.21. The molecule has 7 nitrogen and oxygen atoms in total. The van der Waals surface area contributed by atoms with Crippen molar-refractivity contribution in [1.29, 1.82) is 0 Å². The van der Waals surface area contributed by atoms with Crippen molar-refractivity contribution in [2.24, 2.45) is 0 Å². The molecule has 1 heterocycles. The average molecular weight is 393 g/mol. The molecular weight excluding hydrogens is 368 g/mol. The van der Waals surface area contributed by atoms with Crippen LogP contribution in [-0.2, 0) is 14.6 Å². The molecule has 1 aromatic carbocycles. The van der Waals surface area contributed by atoms with E-state index in [1.54, 1.807) is 11.0 Å². The van der Waals surface area contributed by atoms with Gasteiger partial charge in [-0.25, -0.2) is 8.42 Å². The number of nitrogens with one attached hydrogen (secondary N) is 1. The smallest absolute Gasteiger partial charge is 0.223 e. The van der Waals surface area contributed by atoms with Crippen molar-refractivity contribution >= 4 is 28.2 Å². The number of carbonyl (C=O) groups is 1. The second-order valence-electron chi connectivity index (χ2n) is 5.57. The first-order valence-electron chi connectivity index (χ1n) is 7.91. The summed E-state index contributed by atoms with van der Waals surface area (Å²) < 4.78 is 35.2. The lowest BCUT2D eigenvalue weighted by Crippen LogP contribution is -2.35. The van der Waals surface area contributed by atoms with E-state index in [0.29, 0.717) is 24.6 Å². The molecule has 25 heavy (non-hydrogen) atoms. The molecule has 0 radical (unpaired) electrons. The Morgan fingerprint density at radius 1 is 1.16 bits per heavy atom. The van der Waals surface area contributed by atoms with Crippen LogP contribution in [0.2, 0.25) is 0 Å². The van der Waals surface area contributed by atoms with Gasteiger partial charge in [0, 0.05) is 32.1 Å². The van der Waals surface area contributed by atoms with E-state index >= 15 is 0 Å². The summed E-state index contributed by atoms with van der Waals surface area (Å²) in [6.45, 7) is 2.92. The van der Waals surface area contributed by atoms with Crippen LogP contribution in [0.3, 0.4) is 0 Å². The number of carbonyl (C=O) groups excluding carboxylic acids is 1. The third-order valence-electron chi connectivity index (χ3n) is 3.99. The molecule has 0 spiro atoms. The van der Waals surface area contributed by atoms with Crippen LogP contribution < -0.4 is 14.8 Å². The Labute approximate surface area is 155 Å². The van der Waals surface area contributed by atoms with E-state index in [1.807, 2.05) is 0 Å². The van der Waals surface area contributed by atoms with E-state index in [-0.39, 0.29) is 35.4 Å². The number of benzene rings is 1. The molecule has 9 heteroatoms. The zero-order valence-corrected chi connectivity index (χ0v) is 16.1. The van der Waals surface area contributed by atoms with Gasteiger partial charge in [0.15, 0.2) is 21.3 Å². The van der Waals surface area contributed by atoms with Crippen molar-refractivity contribution in [3.05, 3.63) is 18.2 Å². The highest BCUT2D eigenvalue weighted by atomic mass is 35.5. The summed E-state index contributed by atoms with van der Waals surface area (Å²) in [5.41, 5.74) is 0. The second kappa shape index (κ2) is 9.84. The molecule has 1 aliphatic heterocycles. The zero-order chi connectivity index (χ0) is 17.6. The molecule has 0 bridgehead atoms. The molecule has 0 unspecified atom stereocenters. The Morgan fingerprint density at radius 2 is 1.88 bits per heavy atom. The van der Waals surface area contributed by atoms with Gasteiger partial charge in [0.05, 0.1) is 24.9 Å². The van der Waals surface area contributed by atoms with Crippen LogP contribution in [0.15, 0.2) is 23.1 Å². The molecule has 1 saturated heterocycles. The number of hydrogen-bond acceptors (Lipinski definition) is 6. The first kappa shape index (κ1) is 21.5. The summed E-state index contributed by atoms with van der Waals surface area (Å²) in [7, 11) is -0.623. The van der Waals surface area contributed by atoms with E-state index in [1.165, 1.54) is 26.4 Å². The summed E-state index contributed by atoms with van der Waals surface area (Å²) in [5, 5.41) is 3.22. The number of hydrogen-bond donors (Lipinski definition) is 1. The van der Waals surface area contributed by atoms with Crippen molar-refractivity contribution < 1.29 is 22.7 Å². The number of halogens is 1. The topological polar surface area (TPSA) is 84.9 Å². The Bertz CT molecular complexity index is 673. The Morgan fingerprint density at radius 3 is 2.56 bits per heavy atom. The minimum Gasteiger partial charge on any atom is -0.493 e. The molecular formula is C16H25ClN2O5S. The highest BCUT2D eigenvalue weighted by molar-refractivity contribution is 7.91. The molecule has 0 atom stereocenters. The van der Waals surface area contributed by atoms with Crippen molar-refractivity contribution in [1.82, 2.24) is 10.2 Å². The molecule has 1 N–H and O–H groups in total. The van der Waals surface area contributed by atoms with E-state index in [4.69, 9.17) is 9.47 Å². The molecule has 1 amide bonds. The van der Waals surface area contributed by atoms with Gasteiger partial charge in [0.25, 0.3) is 0 Å². The summed E-state index contributed by atoms with van der Waals surface area (Å²) >= 11 is 0. The van der Waals surface area contributed by atoms with Crippen LogP contribution in [-0.4, -0.2) is 65.4 Å². The van der Waals surface area contributed by atoms with Gasteiger partial charge in [-0.1, -0.05) is 0 Å². The maximum Gasteiger partial charge on any atom is 0.223 e. The lowest BCUT2D eigenvalue weighted by Gasteiger charge is -2.19. The summed E-state index contributed by atoms with van der Waals surface area (Å²) in [4.78, 5) is 14.1. The minimum absolute atomic E-state index is 0. The van der Waals surface area contributed by atoms with Gasteiger partial charge in [0.2, 0.25) is 5.91 Å². The molecule has 1 aliphatic rings. The lowest BCUT2D eigenvalue weighted by atomic mass is 10.3. The first-order valence-corrected chi connectivity index (χ1v) is 9.56. The van der Waals surface area contributed by atoms with Crippen LogP contribution in [0.4, 0.5) is 0 Å². The van der Waals surface area contributed by atoms with Gasteiger partial charge >= 0.3 is 0 Å². The Hall–Kier alpha value is -1.51. The third kappa shape index (κ3) is 5.76. The van der Waals surface area contributed by atoms with Crippen molar-refractivity contribution in [2.75, 3.05) is 46.2 Å². The minimum atomic E-state index is -3.56. The average Bonchev–Trinajstić information content (AvgIpc) is 2.88. The number of ether oxygens (including phenoxy) is 2. The number of methoxy groups -OCH3 is 2. The van der Waals surface area contributed by atoms with Crippen LogP contribution in [0.1, 0.15) is 12.8 Å². The largest absolute Gasteiger partial charge is 0.493 e. The Kier molecular flexibility index (Phi) is 8.47. The van der Waals surface area contributed by atoms with Crippen LogP contribution in [0.25, 0.3) is 0 Å². The van der Waals surface area contributed by atoms with Crippen LogP contribution in [0, 0.1) is 0 Å². The van der Waals surface area contributed by atoms with E-state index in [9.17, 15) is 13.2 Å². The second-order valence-corrected chi connectivity index (χ2v) is 7.68. The number of nitrogens with zero attached hydrogens (tertiary/aromatic N) is 1. The summed E-state index contributed by atoms with van der Waals surface area (Å²) in [5.74, 6) is 0.474. The molecule has 1 aromatic rings. The molecule has 1 fully saturated rings. The SMILES string of the molecule is COc1ccc(S(=O)(=O)CCC(=O)N2CCCNCC2)cc1OC.Cl. The maximum atomic E-state index is 12.5. The predicted molar refractivity (Wildman–Crippen MR) is 97.5 cm³/mol. The van der Waals surface area contributed by atoms with Gasteiger partial charge in [-0.15, -0.1) is 12.4 Å². The van der Waals surface area contributed by atoms with Crippen molar-refractivity contribution in [2.45, 2.75) is 17.7 Å². The fraction of sp³-hybridized carbons (Fsp3) is 0.562. The number of rotatable bonds is 6. The fourth-order valence-electron chi connectivity index (χ4n) is 2.60. The molecule has 0 aliphatic carbocycles. The molecule has 142 valence electrons. The number of amides is 1. The van der Waals surface area contributed by atoms with E-state index < -0.39 is 9.84 Å². The van der Waals surface area contributed by atoms with E-state index in [2.05, 4.69) is 5.32 Å². The molecule has 2 rings (SSSR count). The highest BCUT2D eigenvalue weighted by Crippen LogP contribution is 2.29. The van der Waals surface area contributed by atoms with Crippen LogP contribution >= 0.6 is 12.4 Å². The standard InChI is InChI=1S/C16H24N2O5S.ClH/c1-22-14-5-4-13(12-15(14)23-2)24(20,21)11-6-16(19)18-9-3-7-17-8-10-18;/h4-5,12,17H,3,6-11H2,1-2H3;1H. The van der Waals surface area contributed by atoms with E-state index in [0.717, 1.165) is 19.5 Å². The third-order valence-corrected chi connectivity index (χ3v) is 5.71. The van der Waals surface area contributed by atoms with Crippen molar-refractivity contribution in [3.8, 4) is 11.5 Å². The fourth-order valence-corrected chi connectivity index (χ4v) is 3.84. The summed E-state index contributed by atoms with van der Waals surface area (Å²) in [6, 6.07) is 4.44. The quantitative estimate of drug-likeness (QED) is 0.780. The maximum absolute atomic E-state index is 12.5. The molecule has 0 aromatic heterocycles. The predicted octanol–water partition coefficient (Wildman–Crippen LogP) is 1.11. The van der Waals surface area contributed by atoms with Gasteiger partial charge < -0.3 is 19.7 Å². The molecule has 0 saturated carbocycles. The van der Waals surface area contributed by atoms with Gasteiger partial charge in [-0.2, -0.15) is 0 Å². The van der Waals surface area contributed by atoms with Gasteiger partial charge in [-0.3, -0.25) is 4.79 Å². The van der Waals surface area contributed by atoms with Gasteiger partial charge in [-0.05, 0) is 25.1 Å². The van der Waals surface area contributed by atoms with Gasteiger partial charge in [0.1, 0.15) is 0 Å². The van der Waals surface area contributed by atoms with Crippen molar-refractivity contribution in [3.63, 3.8) is 0 Å². The van der Waals surface area contributed by atoms with Crippen LogP contribution in [0.5, 0.6) is 11.5 Å². The zero-order valence-electron chi connectivity index (χ0n) is 14.5. The number of sulfone groups is 1.